The Morgan fingerprint density at radius 1 is 0.583 bits per heavy atom. The monoisotopic (exact) mass is 520 g/mol. The molecule has 36 heavy (non-hydrogen) atoms. The van der Waals surface area contributed by atoms with Crippen molar-refractivity contribution in [2.24, 2.45) is 11.8 Å². The minimum atomic E-state index is 0.492. The molecule has 4 aliphatic rings. The van der Waals surface area contributed by atoms with Crippen molar-refractivity contribution in [2.75, 3.05) is 13.1 Å². The van der Waals surface area contributed by atoms with E-state index in [-0.39, 0.29) is 0 Å². The maximum atomic E-state index is 2.90. The van der Waals surface area contributed by atoms with Crippen LogP contribution in [-0.4, -0.2) is 47.1 Å². The van der Waals surface area contributed by atoms with E-state index < -0.39 is 0 Å². The second kappa shape index (κ2) is 11.4. The van der Waals surface area contributed by atoms with E-state index in [1.54, 1.807) is 0 Å². The number of fused-ring (bicyclic) bond motifs is 2. The number of benzene rings is 2. The SMILES string of the molecule is C[C@@H]([C@H](SS[C@H](c1ccccc1)[C@H](C)N1CC[C@@H]2CCC[C@@H]21)c1ccccc1)N1CC[C@@H]2CCC[C@@H]21. The van der Waals surface area contributed by atoms with Crippen molar-refractivity contribution in [3.05, 3.63) is 71.8 Å². The molecule has 0 N–H and O–H groups in total. The first-order valence-electron chi connectivity index (χ1n) is 14.6. The second-order valence-corrected chi connectivity index (χ2v) is 14.5. The highest BCUT2D eigenvalue weighted by Crippen LogP contribution is 2.53. The fourth-order valence-corrected chi connectivity index (χ4v) is 11.9. The van der Waals surface area contributed by atoms with Gasteiger partial charge in [-0.1, -0.05) is 95.1 Å². The summed E-state index contributed by atoms with van der Waals surface area (Å²) >= 11 is 0. The highest BCUT2D eigenvalue weighted by atomic mass is 33.1. The Kier molecular flexibility index (Phi) is 8.05. The number of hydrogen-bond donors (Lipinski definition) is 0. The van der Waals surface area contributed by atoms with Crippen LogP contribution in [0.15, 0.2) is 60.7 Å². The van der Waals surface area contributed by atoms with Crippen molar-refractivity contribution in [3.8, 4) is 0 Å². The molecule has 2 aromatic carbocycles. The van der Waals surface area contributed by atoms with Gasteiger partial charge in [0.1, 0.15) is 0 Å². The third-order valence-electron chi connectivity index (χ3n) is 10.0. The van der Waals surface area contributed by atoms with Crippen LogP contribution in [0.4, 0.5) is 0 Å². The first-order chi connectivity index (χ1) is 17.7. The molecule has 0 unspecified atom stereocenters. The fraction of sp³-hybridized carbons (Fsp3) is 0.625. The predicted octanol–water partition coefficient (Wildman–Crippen LogP) is 8.38. The summed E-state index contributed by atoms with van der Waals surface area (Å²) in [6, 6.07) is 25.6. The molecule has 2 nitrogen and oxygen atoms in total. The Labute approximate surface area is 227 Å². The summed E-state index contributed by atoms with van der Waals surface area (Å²) in [5.74, 6) is 1.90. The van der Waals surface area contributed by atoms with Crippen molar-refractivity contribution in [1.82, 2.24) is 9.80 Å². The summed E-state index contributed by atoms with van der Waals surface area (Å²) in [5.41, 5.74) is 3.00. The van der Waals surface area contributed by atoms with Crippen molar-refractivity contribution >= 4 is 21.6 Å². The lowest BCUT2D eigenvalue weighted by molar-refractivity contribution is 0.178. The Bertz CT molecular complexity index is 889. The van der Waals surface area contributed by atoms with E-state index in [1.165, 1.54) is 75.6 Å². The summed E-state index contributed by atoms with van der Waals surface area (Å²) in [6.45, 7) is 7.63. The number of hydrogen-bond acceptors (Lipinski definition) is 4. The van der Waals surface area contributed by atoms with Crippen LogP contribution in [0.1, 0.15) is 86.8 Å². The van der Waals surface area contributed by atoms with Crippen molar-refractivity contribution < 1.29 is 0 Å². The van der Waals surface area contributed by atoms with Gasteiger partial charge in [0.2, 0.25) is 0 Å². The van der Waals surface area contributed by atoms with Crippen LogP contribution in [0.3, 0.4) is 0 Å². The Hall–Kier alpha value is -0.940. The Morgan fingerprint density at radius 3 is 1.42 bits per heavy atom. The van der Waals surface area contributed by atoms with Crippen molar-refractivity contribution in [1.29, 1.82) is 0 Å². The first-order valence-corrected chi connectivity index (χ1v) is 16.9. The van der Waals surface area contributed by atoms with E-state index >= 15 is 0 Å². The normalized spacial score (nSPS) is 31.7. The zero-order chi connectivity index (χ0) is 24.5. The standard InChI is InChI=1S/C32H44N2S2/c1-23(33-21-19-25-15-9-17-29(25)33)31(27-11-5-3-6-12-27)35-36-32(28-13-7-4-8-14-28)24(2)34-22-20-26-16-10-18-30(26)34/h3-8,11-14,23-26,29-32H,9-10,15-22H2,1-2H3/t23-,24-,25-,26-,29-,30-,31-,32-/m0/s1. The largest absolute Gasteiger partial charge is 0.296 e. The van der Waals surface area contributed by atoms with Gasteiger partial charge in [0, 0.05) is 24.2 Å². The predicted molar refractivity (Wildman–Crippen MR) is 157 cm³/mol. The zero-order valence-electron chi connectivity index (χ0n) is 22.2. The van der Waals surface area contributed by atoms with Crippen LogP contribution in [-0.2, 0) is 0 Å². The molecule has 6 rings (SSSR count). The van der Waals surface area contributed by atoms with Gasteiger partial charge in [-0.2, -0.15) is 0 Å². The lowest BCUT2D eigenvalue weighted by atomic mass is 10.0. The van der Waals surface area contributed by atoms with Crippen LogP contribution in [0.2, 0.25) is 0 Å². The van der Waals surface area contributed by atoms with Gasteiger partial charge >= 0.3 is 0 Å². The van der Waals surface area contributed by atoms with Gasteiger partial charge in [-0.25, -0.2) is 0 Å². The third-order valence-corrected chi connectivity index (χ3v) is 13.5. The minimum Gasteiger partial charge on any atom is -0.296 e. The summed E-state index contributed by atoms with van der Waals surface area (Å²) in [4.78, 5) is 5.79. The van der Waals surface area contributed by atoms with Gasteiger partial charge in [-0.3, -0.25) is 9.80 Å². The molecule has 0 bridgehead atoms. The number of nitrogens with zero attached hydrogens (tertiary/aromatic N) is 2. The highest BCUT2D eigenvalue weighted by Gasteiger charge is 2.44. The summed E-state index contributed by atoms with van der Waals surface area (Å²) < 4.78 is 0. The lowest BCUT2D eigenvalue weighted by Crippen LogP contribution is -2.41. The first kappa shape index (κ1) is 25.3. The van der Waals surface area contributed by atoms with Gasteiger partial charge < -0.3 is 0 Å². The van der Waals surface area contributed by atoms with Crippen LogP contribution in [0.5, 0.6) is 0 Å². The van der Waals surface area contributed by atoms with E-state index in [0.29, 0.717) is 22.6 Å². The average molecular weight is 521 g/mol. The maximum absolute atomic E-state index is 2.90. The molecule has 194 valence electrons. The van der Waals surface area contributed by atoms with E-state index in [1.807, 2.05) is 0 Å². The van der Waals surface area contributed by atoms with Crippen LogP contribution >= 0.6 is 21.6 Å². The molecule has 0 spiro atoms. The average Bonchev–Trinajstić information content (AvgIpc) is 3.69. The Morgan fingerprint density at radius 2 is 1.00 bits per heavy atom. The molecule has 2 heterocycles. The molecule has 8 atom stereocenters. The minimum absolute atomic E-state index is 0.492. The quantitative estimate of drug-likeness (QED) is 0.306. The lowest BCUT2D eigenvalue weighted by Gasteiger charge is -2.38. The van der Waals surface area contributed by atoms with Crippen molar-refractivity contribution in [3.63, 3.8) is 0 Å². The maximum Gasteiger partial charge on any atom is 0.0554 e. The second-order valence-electron chi connectivity index (χ2n) is 11.9. The molecule has 0 amide bonds. The van der Waals surface area contributed by atoms with Gasteiger partial charge in [0.25, 0.3) is 0 Å². The number of likely N-dealkylation sites (tertiary alicyclic amines) is 2. The van der Waals surface area contributed by atoms with Gasteiger partial charge in [-0.05, 0) is 88.4 Å². The fourth-order valence-electron chi connectivity index (χ4n) is 8.14. The Balaban J connectivity index is 1.24. The van der Waals surface area contributed by atoms with Crippen LogP contribution in [0, 0.1) is 11.8 Å². The van der Waals surface area contributed by atoms with E-state index in [2.05, 4.69) is 106 Å². The number of rotatable bonds is 9. The molecule has 4 heteroatoms. The molecule has 2 aliphatic carbocycles. The molecule has 2 saturated heterocycles. The molecular weight excluding hydrogens is 477 g/mol. The highest BCUT2D eigenvalue weighted by molar-refractivity contribution is 8.76. The topological polar surface area (TPSA) is 6.48 Å². The molecule has 2 aliphatic heterocycles. The van der Waals surface area contributed by atoms with Gasteiger partial charge in [-0.15, -0.1) is 0 Å². The van der Waals surface area contributed by atoms with Gasteiger partial charge in [0.05, 0.1) is 10.5 Å². The molecule has 2 saturated carbocycles. The van der Waals surface area contributed by atoms with E-state index in [0.717, 1.165) is 23.9 Å². The summed E-state index contributed by atoms with van der Waals surface area (Å²) in [6.07, 6.45) is 11.4. The third kappa shape index (κ3) is 5.05. The molecule has 2 aromatic rings. The van der Waals surface area contributed by atoms with Crippen LogP contribution in [0.25, 0.3) is 0 Å². The van der Waals surface area contributed by atoms with Crippen LogP contribution < -0.4 is 0 Å². The summed E-state index contributed by atoms with van der Waals surface area (Å²) in [7, 11) is 4.33. The van der Waals surface area contributed by atoms with E-state index in [9.17, 15) is 0 Å². The molecule has 0 radical (unpaired) electrons. The van der Waals surface area contributed by atoms with Gasteiger partial charge in [0.15, 0.2) is 0 Å². The van der Waals surface area contributed by atoms with Crippen molar-refractivity contribution in [2.45, 2.75) is 99.9 Å². The molecular formula is C32H44N2S2. The molecule has 4 fully saturated rings. The summed E-state index contributed by atoms with van der Waals surface area (Å²) in [5, 5.41) is 0.985. The molecule has 0 aromatic heterocycles. The zero-order valence-corrected chi connectivity index (χ0v) is 23.8. The smallest absolute Gasteiger partial charge is 0.0554 e. The van der Waals surface area contributed by atoms with E-state index in [4.69, 9.17) is 0 Å².